The van der Waals surface area contributed by atoms with E-state index in [-0.39, 0.29) is 0 Å². The number of nitrogens with one attached hydrogen (secondary N) is 2. The maximum Gasteiger partial charge on any atom is 0.0457 e. The minimum Gasteiger partial charge on any atom is -0.303 e. The van der Waals surface area contributed by atoms with Crippen LogP contribution in [0.15, 0.2) is 0 Å². The van der Waals surface area contributed by atoms with E-state index in [9.17, 15) is 0 Å². The first-order valence-electron chi connectivity index (χ1n) is 3.33. The van der Waals surface area contributed by atoms with Gasteiger partial charge in [-0.1, -0.05) is 13.8 Å². The Kier molecular flexibility index (Phi) is 5.01. The molecule has 1 unspecified atom stereocenters. The molecule has 0 aromatic carbocycles. The molecule has 1 fully saturated rings. The van der Waals surface area contributed by atoms with Gasteiger partial charge in [-0.2, -0.15) is 0 Å². The van der Waals surface area contributed by atoms with Crippen molar-refractivity contribution in [3.63, 3.8) is 0 Å². The van der Waals surface area contributed by atoms with Gasteiger partial charge in [0.2, 0.25) is 0 Å². The molecule has 2 N–H and O–H groups in total. The Hall–Kier alpha value is -0.0800. The fraction of sp³-hybridized carbons (Fsp3) is 1.00. The smallest absolute Gasteiger partial charge is 0.0457 e. The molecule has 0 saturated carbocycles. The molecule has 1 aliphatic heterocycles. The van der Waals surface area contributed by atoms with E-state index < -0.39 is 0 Å². The van der Waals surface area contributed by atoms with Gasteiger partial charge in [-0.15, -0.1) is 0 Å². The summed E-state index contributed by atoms with van der Waals surface area (Å²) in [4.78, 5) is 0. The lowest BCUT2D eigenvalue weighted by Gasteiger charge is -1.93. The molecule has 1 heterocycles. The van der Waals surface area contributed by atoms with Crippen LogP contribution in [0.3, 0.4) is 0 Å². The van der Waals surface area contributed by atoms with Crippen molar-refractivity contribution in [2.75, 3.05) is 13.2 Å². The normalized spacial score (nSPS) is 26.6. The summed E-state index contributed by atoms with van der Waals surface area (Å²) in [5, 5.41) is 6.37. The van der Waals surface area contributed by atoms with Crippen molar-refractivity contribution in [2.24, 2.45) is 0 Å². The minimum absolute atomic E-state index is 0.685. The molecule has 0 spiro atoms. The van der Waals surface area contributed by atoms with Crippen molar-refractivity contribution in [1.82, 2.24) is 10.6 Å². The van der Waals surface area contributed by atoms with E-state index in [4.69, 9.17) is 0 Å². The lowest BCUT2D eigenvalue weighted by molar-refractivity contribution is 0.692. The summed E-state index contributed by atoms with van der Waals surface area (Å²) in [5.41, 5.74) is 0. The zero-order valence-electron chi connectivity index (χ0n) is 5.99. The molecule has 0 aliphatic carbocycles. The van der Waals surface area contributed by atoms with Gasteiger partial charge >= 0.3 is 0 Å². The Balaban J connectivity index is 0.000000222. The van der Waals surface area contributed by atoms with Gasteiger partial charge in [0.25, 0.3) is 0 Å². The summed E-state index contributed by atoms with van der Waals surface area (Å²) >= 11 is 0. The zero-order valence-corrected chi connectivity index (χ0v) is 5.99. The molecule has 1 aliphatic rings. The molecule has 0 bridgehead atoms. The monoisotopic (exact) mass is 116 g/mol. The molecular weight excluding hydrogens is 100 g/mol. The topological polar surface area (TPSA) is 24.1 Å². The average molecular weight is 116 g/mol. The van der Waals surface area contributed by atoms with Crippen LogP contribution in [0.1, 0.15) is 20.8 Å². The Labute approximate surface area is 51.7 Å². The molecule has 0 aromatic rings. The molecule has 0 amide bonds. The number of hydrogen-bond acceptors (Lipinski definition) is 2. The van der Waals surface area contributed by atoms with Gasteiger partial charge in [-0.3, -0.25) is 0 Å². The van der Waals surface area contributed by atoms with Crippen LogP contribution in [0.5, 0.6) is 0 Å². The fourth-order valence-corrected chi connectivity index (χ4v) is 0.607. The first kappa shape index (κ1) is 7.92. The number of rotatable bonds is 0. The van der Waals surface area contributed by atoms with Crippen LogP contribution in [0.4, 0.5) is 0 Å². The van der Waals surface area contributed by atoms with E-state index in [1.807, 2.05) is 13.8 Å². The van der Waals surface area contributed by atoms with E-state index in [1.165, 1.54) is 0 Å². The van der Waals surface area contributed by atoms with Gasteiger partial charge in [0.05, 0.1) is 0 Å². The Morgan fingerprint density at radius 3 is 2.12 bits per heavy atom. The molecule has 1 atom stereocenters. The van der Waals surface area contributed by atoms with Crippen LogP contribution >= 0.6 is 0 Å². The second-order valence-electron chi connectivity index (χ2n) is 1.74. The third-order valence-corrected chi connectivity index (χ3v) is 1.03. The Morgan fingerprint density at radius 2 is 2.00 bits per heavy atom. The highest BCUT2D eigenvalue weighted by molar-refractivity contribution is 4.68. The van der Waals surface area contributed by atoms with Gasteiger partial charge in [0.1, 0.15) is 0 Å². The maximum absolute atomic E-state index is 3.21. The molecule has 8 heavy (non-hydrogen) atoms. The predicted octanol–water partition coefficient (Wildman–Crippen LogP) is 0.551. The highest BCUT2D eigenvalue weighted by Gasteiger charge is 2.04. The van der Waals surface area contributed by atoms with Gasteiger partial charge in [-0.25, -0.2) is 0 Å². The molecule has 0 radical (unpaired) electrons. The van der Waals surface area contributed by atoms with Crippen molar-refractivity contribution in [1.29, 1.82) is 0 Å². The molecular formula is C6H16N2. The summed E-state index contributed by atoms with van der Waals surface area (Å²) in [7, 11) is 0. The van der Waals surface area contributed by atoms with Crippen molar-refractivity contribution >= 4 is 0 Å². The molecule has 2 heteroatoms. The van der Waals surface area contributed by atoms with E-state index in [0.717, 1.165) is 13.2 Å². The van der Waals surface area contributed by atoms with E-state index in [2.05, 4.69) is 17.6 Å². The average Bonchev–Trinajstić information content (AvgIpc) is 2.24. The largest absolute Gasteiger partial charge is 0.303 e. The van der Waals surface area contributed by atoms with Crippen LogP contribution in [0.25, 0.3) is 0 Å². The van der Waals surface area contributed by atoms with Gasteiger partial charge in [0.15, 0.2) is 0 Å². The first-order valence-corrected chi connectivity index (χ1v) is 3.33. The van der Waals surface area contributed by atoms with E-state index in [1.54, 1.807) is 0 Å². The molecule has 1 saturated heterocycles. The van der Waals surface area contributed by atoms with Crippen molar-refractivity contribution in [3.8, 4) is 0 Å². The summed E-state index contributed by atoms with van der Waals surface area (Å²) < 4.78 is 0. The summed E-state index contributed by atoms with van der Waals surface area (Å²) in [6.07, 6.45) is 0. The molecule has 1 rings (SSSR count). The van der Waals surface area contributed by atoms with Crippen LogP contribution < -0.4 is 10.6 Å². The fourth-order valence-electron chi connectivity index (χ4n) is 0.607. The van der Waals surface area contributed by atoms with Crippen LogP contribution in [0, 0.1) is 0 Å². The summed E-state index contributed by atoms with van der Waals surface area (Å²) in [6.45, 7) is 8.28. The lowest BCUT2D eigenvalue weighted by Crippen LogP contribution is -2.18. The van der Waals surface area contributed by atoms with Gasteiger partial charge in [-0.05, 0) is 6.92 Å². The van der Waals surface area contributed by atoms with Crippen LogP contribution in [-0.4, -0.2) is 19.3 Å². The van der Waals surface area contributed by atoms with E-state index in [0.29, 0.717) is 6.04 Å². The Morgan fingerprint density at radius 1 is 1.38 bits per heavy atom. The molecule has 0 aromatic heterocycles. The van der Waals surface area contributed by atoms with Crippen molar-refractivity contribution in [2.45, 2.75) is 26.8 Å². The quantitative estimate of drug-likeness (QED) is 0.483. The molecule has 2 nitrogen and oxygen atoms in total. The van der Waals surface area contributed by atoms with Crippen molar-refractivity contribution in [3.05, 3.63) is 0 Å². The molecule has 50 valence electrons. The van der Waals surface area contributed by atoms with E-state index >= 15 is 0 Å². The SMILES string of the molecule is CC.CC1CNCN1. The number of hydrogen-bond donors (Lipinski definition) is 2. The lowest BCUT2D eigenvalue weighted by atomic mass is 10.4. The minimum atomic E-state index is 0.685. The second kappa shape index (κ2) is 5.06. The highest BCUT2D eigenvalue weighted by Crippen LogP contribution is 1.80. The van der Waals surface area contributed by atoms with Crippen molar-refractivity contribution < 1.29 is 0 Å². The summed E-state index contributed by atoms with van der Waals surface area (Å²) in [5.74, 6) is 0. The predicted molar refractivity (Wildman–Crippen MR) is 36.8 cm³/mol. The van der Waals surface area contributed by atoms with Crippen LogP contribution in [0.2, 0.25) is 0 Å². The Bertz CT molecular complexity index is 39.8. The standard InChI is InChI=1S/C4H10N2.C2H6/c1-4-2-5-3-6-4;1-2/h4-6H,2-3H2,1H3;1-2H3. The zero-order chi connectivity index (χ0) is 6.41. The third kappa shape index (κ3) is 2.99. The highest BCUT2D eigenvalue weighted by atomic mass is 15.2. The first-order chi connectivity index (χ1) is 3.89. The van der Waals surface area contributed by atoms with Crippen LogP contribution in [-0.2, 0) is 0 Å². The maximum atomic E-state index is 3.21. The summed E-state index contributed by atoms with van der Waals surface area (Å²) in [6, 6.07) is 0.685. The van der Waals surface area contributed by atoms with Gasteiger partial charge < -0.3 is 10.6 Å². The second-order valence-corrected chi connectivity index (χ2v) is 1.74. The van der Waals surface area contributed by atoms with Gasteiger partial charge in [0, 0.05) is 19.3 Å². The third-order valence-electron chi connectivity index (χ3n) is 1.03.